The van der Waals surface area contributed by atoms with Gasteiger partial charge in [-0.3, -0.25) is 19.9 Å². The van der Waals surface area contributed by atoms with E-state index in [4.69, 9.17) is 57.8 Å². The summed E-state index contributed by atoms with van der Waals surface area (Å²) in [5.41, 5.74) is 3.66. The summed E-state index contributed by atoms with van der Waals surface area (Å²) in [6, 6.07) is 23.2. The first kappa shape index (κ1) is 29.6. The Morgan fingerprint density at radius 2 is 0.562 bits per heavy atom. The van der Waals surface area contributed by atoms with Crippen LogP contribution in [0, 0.1) is 0 Å². The molecule has 0 saturated carbocycles. The third-order valence-electron chi connectivity index (χ3n) is 3.18. The predicted octanol–water partition coefficient (Wildman–Crippen LogP) is 7.66. The van der Waals surface area contributed by atoms with Gasteiger partial charge in [-0.15, -0.1) is 0 Å². The van der Waals surface area contributed by atoms with E-state index in [2.05, 4.69) is 19.9 Å². The van der Waals surface area contributed by atoms with E-state index in [-0.39, 0.29) is 0 Å². The van der Waals surface area contributed by atoms with Gasteiger partial charge in [0.05, 0.1) is 22.8 Å². The Kier molecular flexibility index (Phi) is 17.6. The van der Waals surface area contributed by atoms with Crippen molar-refractivity contribution in [1.29, 1.82) is 0 Å². The molecular weight excluding hydrogens is 648 g/mol. The van der Waals surface area contributed by atoms with E-state index in [1.54, 1.807) is 24.8 Å². The second kappa shape index (κ2) is 19.0. The Hall–Kier alpha value is -0.387. The summed E-state index contributed by atoms with van der Waals surface area (Å²) < 4.78 is 0. The number of halogens is 6. The van der Waals surface area contributed by atoms with Crippen molar-refractivity contribution in [2.45, 2.75) is 0 Å². The van der Waals surface area contributed by atoms with Crippen molar-refractivity contribution >= 4 is 84.3 Å². The molecule has 32 heavy (non-hydrogen) atoms. The van der Waals surface area contributed by atoms with Gasteiger partial charge in [-0.05, 0) is 48.5 Å². The zero-order chi connectivity index (χ0) is 23.6. The molecule has 0 saturated heterocycles. The molecule has 0 fully saturated rings. The summed E-state index contributed by atoms with van der Waals surface area (Å²) in [6.45, 7) is 0. The van der Waals surface area contributed by atoms with Gasteiger partial charge in [-0.25, -0.2) is 0 Å². The molecule has 0 spiro atoms. The molecule has 0 aromatic carbocycles. The van der Waals surface area contributed by atoms with Crippen LogP contribution in [-0.2, 0) is 0 Å². The van der Waals surface area contributed by atoms with E-state index in [0.29, 0.717) is 0 Å². The molecule has 0 amide bonds. The van der Waals surface area contributed by atoms with E-state index < -0.39 is 26.4 Å². The SMILES string of the molecule is [Cl][Ga]([Cl])[Cl].[Cl][Ga]([Cl])[Cl].c1ccc(-c2ccccn2)nc1.c1ccc(-c2ccccn2)nc1. The number of pyridine rings is 4. The molecule has 4 nitrogen and oxygen atoms in total. The summed E-state index contributed by atoms with van der Waals surface area (Å²) in [7, 11) is 30.0. The second-order valence-corrected chi connectivity index (χ2v) is 28.0. The molecule has 0 atom stereocenters. The monoisotopic (exact) mass is 660 g/mol. The summed E-state index contributed by atoms with van der Waals surface area (Å²) in [6.07, 6.45) is 7.07. The van der Waals surface area contributed by atoms with E-state index in [1.165, 1.54) is 0 Å². The third kappa shape index (κ3) is 15.4. The second-order valence-electron chi connectivity index (χ2n) is 5.35. The predicted molar refractivity (Wildman–Crippen MR) is 142 cm³/mol. The van der Waals surface area contributed by atoms with Gasteiger partial charge in [0.15, 0.2) is 0 Å². The van der Waals surface area contributed by atoms with Gasteiger partial charge >= 0.3 is 84.3 Å². The minimum atomic E-state index is -2.06. The maximum atomic E-state index is 4.99. The minimum absolute atomic E-state index is 0.915. The summed E-state index contributed by atoms with van der Waals surface area (Å²) >= 11 is -4.12. The number of aromatic nitrogens is 4. The number of hydrogen-bond donors (Lipinski definition) is 0. The first-order chi connectivity index (χ1) is 15.4. The van der Waals surface area contributed by atoms with Crippen molar-refractivity contribution in [3.05, 3.63) is 97.6 Å². The van der Waals surface area contributed by atoms with Crippen LogP contribution in [0.15, 0.2) is 97.6 Å². The van der Waals surface area contributed by atoms with E-state index in [0.717, 1.165) is 22.8 Å². The zero-order valence-electron chi connectivity index (χ0n) is 16.4. The number of rotatable bonds is 2. The number of hydrogen-bond acceptors (Lipinski definition) is 4. The fourth-order valence-corrected chi connectivity index (χ4v) is 2.06. The topological polar surface area (TPSA) is 51.6 Å². The van der Waals surface area contributed by atoms with E-state index in [1.807, 2.05) is 72.8 Å². The van der Waals surface area contributed by atoms with Crippen molar-refractivity contribution in [3.63, 3.8) is 0 Å². The molecule has 0 aliphatic heterocycles. The molecule has 12 heteroatoms. The Labute approximate surface area is 222 Å². The van der Waals surface area contributed by atoms with Crippen LogP contribution in [0.3, 0.4) is 0 Å². The zero-order valence-corrected chi connectivity index (χ0v) is 25.8. The summed E-state index contributed by atoms with van der Waals surface area (Å²) in [5.74, 6) is 0. The van der Waals surface area contributed by atoms with Gasteiger partial charge in [-0.2, -0.15) is 0 Å². The molecule has 4 aromatic heterocycles. The van der Waals surface area contributed by atoms with Gasteiger partial charge in [-0.1, -0.05) is 24.3 Å². The van der Waals surface area contributed by atoms with Gasteiger partial charge in [0.25, 0.3) is 0 Å². The molecule has 164 valence electrons. The van der Waals surface area contributed by atoms with Crippen LogP contribution >= 0.6 is 57.8 Å². The van der Waals surface area contributed by atoms with Gasteiger partial charge < -0.3 is 0 Å². The van der Waals surface area contributed by atoms with Crippen LogP contribution in [0.2, 0.25) is 0 Å². The Morgan fingerprint density at radius 3 is 0.688 bits per heavy atom. The summed E-state index contributed by atoms with van der Waals surface area (Å²) in [4.78, 5) is 16.7. The maximum Gasteiger partial charge on any atom is 0.0886 e. The molecule has 0 aliphatic rings. The molecule has 4 rings (SSSR count). The first-order valence-corrected chi connectivity index (χ1v) is 28.0. The molecule has 0 bridgehead atoms. The molecule has 0 radical (unpaired) electrons. The molecule has 0 unspecified atom stereocenters. The van der Waals surface area contributed by atoms with Crippen molar-refractivity contribution in [2.75, 3.05) is 0 Å². The quantitative estimate of drug-likeness (QED) is 0.207. The van der Waals surface area contributed by atoms with Crippen molar-refractivity contribution in [1.82, 2.24) is 19.9 Å². The van der Waals surface area contributed by atoms with Crippen LogP contribution in [0.5, 0.6) is 0 Å². The number of nitrogens with zero attached hydrogens (tertiary/aromatic N) is 4. The van der Waals surface area contributed by atoms with Crippen molar-refractivity contribution in [3.8, 4) is 22.8 Å². The van der Waals surface area contributed by atoms with E-state index in [9.17, 15) is 0 Å². The van der Waals surface area contributed by atoms with Gasteiger partial charge in [0.1, 0.15) is 0 Å². The van der Waals surface area contributed by atoms with Crippen molar-refractivity contribution < 1.29 is 0 Å². The molecule has 0 N–H and O–H groups in total. The molecular formula is C20H16Cl6Ga2N4. The Morgan fingerprint density at radius 1 is 0.375 bits per heavy atom. The minimum Gasteiger partial charge on any atom is -0.255 e. The van der Waals surface area contributed by atoms with Crippen LogP contribution in [0.4, 0.5) is 0 Å². The standard InChI is InChI=1S/2C10H8N2.6ClH.2Ga/c2*1-3-7-11-9(5-1)10-6-2-4-8-12-10;;;;;;;;/h2*1-8H;6*1H;;/q;;;;;;;;2*+3/p-6. The molecule has 4 heterocycles. The van der Waals surface area contributed by atoms with Crippen LogP contribution in [0.25, 0.3) is 22.8 Å². The smallest absolute Gasteiger partial charge is 0.0886 e. The van der Waals surface area contributed by atoms with E-state index >= 15 is 0 Å². The average molecular weight is 665 g/mol. The largest absolute Gasteiger partial charge is 0.255 e. The van der Waals surface area contributed by atoms with Crippen LogP contribution in [0.1, 0.15) is 0 Å². The Balaban J connectivity index is 0.000000242. The first-order valence-electron chi connectivity index (χ1n) is 8.89. The fraction of sp³-hybridized carbons (Fsp3) is 0. The maximum absolute atomic E-state index is 4.99. The Bertz CT molecular complexity index is 795. The normalized spacial score (nSPS) is 8.94. The fourth-order valence-electron chi connectivity index (χ4n) is 2.06. The van der Waals surface area contributed by atoms with Crippen LogP contribution < -0.4 is 0 Å². The average Bonchev–Trinajstić information content (AvgIpc) is 2.81. The van der Waals surface area contributed by atoms with Crippen molar-refractivity contribution in [2.24, 2.45) is 0 Å². The van der Waals surface area contributed by atoms with Gasteiger partial charge in [0, 0.05) is 24.8 Å². The van der Waals surface area contributed by atoms with Gasteiger partial charge in [0.2, 0.25) is 0 Å². The molecule has 4 aromatic rings. The van der Waals surface area contributed by atoms with Crippen LogP contribution in [-0.4, -0.2) is 46.4 Å². The molecule has 0 aliphatic carbocycles. The third-order valence-corrected chi connectivity index (χ3v) is 3.18. The summed E-state index contributed by atoms with van der Waals surface area (Å²) in [5, 5.41) is 0.